The Hall–Kier alpha value is -2.25. The lowest BCUT2D eigenvalue weighted by Crippen LogP contribution is -2.40. The Balaban J connectivity index is 1.98. The van der Waals surface area contributed by atoms with Gasteiger partial charge in [0.25, 0.3) is 0 Å². The summed E-state index contributed by atoms with van der Waals surface area (Å²) in [4.78, 5) is 22.9. The number of carbonyl (C=O) groups is 2. The minimum Gasteiger partial charge on any atom is -0.432 e. The molecule has 1 fully saturated rings. The first-order valence-corrected chi connectivity index (χ1v) is 6.27. The topological polar surface area (TPSA) is 67.4 Å². The molecule has 1 heterocycles. The van der Waals surface area contributed by atoms with Crippen molar-refractivity contribution in [2.24, 2.45) is 5.92 Å². The van der Waals surface area contributed by atoms with Gasteiger partial charge in [-0.15, -0.1) is 0 Å². The molecule has 1 aromatic rings. The number of amides is 2. The highest BCUT2D eigenvalue weighted by atomic mass is 19.3. The first-order chi connectivity index (χ1) is 9.95. The molecule has 0 spiro atoms. The third-order valence-electron chi connectivity index (χ3n) is 3.05. The number of nitrogens with one attached hydrogen (secondary N) is 2. The van der Waals surface area contributed by atoms with Crippen LogP contribution in [-0.4, -0.2) is 25.0 Å². The number of benzene rings is 1. The van der Waals surface area contributed by atoms with E-state index in [4.69, 9.17) is 0 Å². The summed E-state index contributed by atoms with van der Waals surface area (Å²) >= 11 is 0. The zero-order chi connectivity index (χ0) is 15.4. The van der Waals surface area contributed by atoms with E-state index in [1.54, 1.807) is 0 Å². The molecule has 2 N–H and O–H groups in total. The van der Waals surface area contributed by atoms with Gasteiger partial charge in [0.1, 0.15) is 0 Å². The molecule has 1 aliphatic rings. The van der Waals surface area contributed by atoms with Crippen LogP contribution >= 0.6 is 0 Å². The minimum absolute atomic E-state index is 0.112. The molecular weight excluding hydrogens is 289 g/mol. The Morgan fingerprint density at radius 1 is 1.43 bits per heavy atom. The van der Waals surface area contributed by atoms with Crippen LogP contribution in [0.25, 0.3) is 0 Å². The van der Waals surface area contributed by atoms with E-state index in [1.165, 1.54) is 6.07 Å². The van der Waals surface area contributed by atoms with E-state index >= 15 is 0 Å². The SMILES string of the molecule is O=C1CCC(C(=O)Nc2ccc(OC(F)F)c(F)c2)CN1. The number of ether oxygens (including phenoxy) is 1. The molecule has 114 valence electrons. The molecular formula is C13H13F3N2O3. The zero-order valence-corrected chi connectivity index (χ0v) is 10.9. The number of anilines is 1. The van der Waals surface area contributed by atoms with Crippen LogP contribution < -0.4 is 15.4 Å². The van der Waals surface area contributed by atoms with Crippen LogP contribution in [0.15, 0.2) is 18.2 Å². The zero-order valence-electron chi connectivity index (χ0n) is 10.9. The second-order valence-corrected chi connectivity index (χ2v) is 4.55. The van der Waals surface area contributed by atoms with Gasteiger partial charge in [-0.1, -0.05) is 0 Å². The maximum Gasteiger partial charge on any atom is 0.387 e. The normalized spacial score (nSPS) is 18.3. The van der Waals surface area contributed by atoms with E-state index in [0.29, 0.717) is 6.42 Å². The summed E-state index contributed by atoms with van der Waals surface area (Å²) in [6.45, 7) is -2.90. The van der Waals surface area contributed by atoms with Crippen LogP contribution in [-0.2, 0) is 9.59 Å². The van der Waals surface area contributed by atoms with Gasteiger partial charge in [-0.2, -0.15) is 8.78 Å². The smallest absolute Gasteiger partial charge is 0.387 e. The molecule has 1 aliphatic heterocycles. The Bertz CT molecular complexity index is 541. The number of carbonyl (C=O) groups excluding carboxylic acids is 2. The summed E-state index contributed by atoms with van der Waals surface area (Å²) in [6.07, 6.45) is 0.667. The molecule has 1 unspecified atom stereocenters. The fraction of sp³-hybridized carbons (Fsp3) is 0.385. The van der Waals surface area contributed by atoms with E-state index in [0.717, 1.165) is 12.1 Å². The summed E-state index contributed by atoms with van der Waals surface area (Å²) in [5, 5.41) is 5.04. The van der Waals surface area contributed by atoms with Crippen molar-refractivity contribution in [2.45, 2.75) is 19.5 Å². The number of hydrogen-bond donors (Lipinski definition) is 2. The minimum atomic E-state index is -3.12. The number of hydrogen-bond acceptors (Lipinski definition) is 3. The van der Waals surface area contributed by atoms with Crippen molar-refractivity contribution in [3.8, 4) is 5.75 Å². The van der Waals surface area contributed by atoms with Crippen LogP contribution in [0.4, 0.5) is 18.9 Å². The first-order valence-electron chi connectivity index (χ1n) is 6.27. The summed E-state index contributed by atoms with van der Waals surface area (Å²) in [6, 6.07) is 3.18. The van der Waals surface area contributed by atoms with Gasteiger partial charge >= 0.3 is 6.61 Å². The standard InChI is InChI=1S/C13H13F3N2O3/c14-9-5-8(2-3-10(9)21-13(15)16)18-12(20)7-1-4-11(19)17-6-7/h2-3,5,7,13H,1,4,6H2,(H,17,19)(H,18,20). The Morgan fingerprint density at radius 3 is 2.76 bits per heavy atom. The fourth-order valence-electron chi connectivity index (χ4n) is 1.97. The predicted octanol–water partition coefficient (Wildman–Crippen LogP) is 1.89. The quantitative estimate of drug-likeness (QED) is 0.892. The van der Waals surface area contributed by atoms with Gasteiger partial charge in [-0.25, -0.2) is 4.39 Å². The molecule has 1 saturated heterocycles. The predicted molar refractivity (Wildman–Crippen MR) is 67.4 cm³/mol. The maximum absolute atomic E-state index is 13.5. The number of rotatable bonds is 4. The highest BCUT2D eigenvalue weighted by molar-refractivity contribution is 5.94. The highest BCUT2D eigenvalue weighted by Crippen LogP contribution is 2.23. The lowest BCUT2D eigenvalue weighted by molar-refractivity contribution is -0.126. The van der Waals surface area contributed by atoms with E-state index < -0.39 is 24.1 Å². The Kier molecular flexibility index (Phi) is 4.66. The molecule has 0 bridgehead atoms. The van der Waals surface area contributed by atoms with Crippen molar-refractivity contribution in [1.29, 1.82) is 0 Å². The first kappa shape index (κ1) is 15.1. The highest BCUT2D eigenvalue weighted by Gasteiger charge is 2.24. The van der Waals surface area contributed by atoms with Crippen molar-refractivity contribution in [3.05, 3.63) is 24.0 Å². The van der Waals surface area contributed by atoms with Crippen molar-refractivity contribution < 1.29 is 27.5 Å². The number of piperidine rings is 1. The van der Waals surface area contributed by atoms with Crippen molar-refractivity contribution in [3.63, 3.8) is 0 Å². The van der Waals surface area contributed by atoms with Gasteiger partial charge in [0.2, 0.25) is 11.8 Å². The lowest BCUT2D eigenvalue weighted by Gasteiger charge is -2.21. The molecule has 0 saturated carbocycles. The van der Waals surface area contributed by atoms with Gasteiger partial charge in [0.05, 0.1) is 5.92 Å². The molecule has 21 heavy (non-hydrogen) atoms. The Labute approximate surface area is 118 Å². The lowest BCUT2D eigenvalue weighted by atomic mass is 9.98. The molecule has 0 aliphatic carbocycles. The third kappa shape index (κ3) is 4.11. The molecule has 0 radical (unpaired) electrons. The van der Waals surface area contributed by atoms with E-state index in [2.05, 4.69) is 15.4 Å². The Morgan fingerprint density at radius 2 is 2.19 bits per heavy atom. The average molecular weight is 302 g/mol. The van der Waals surface area contributed by atoms with Gasteiger partial charge in [0.15, 0.2) is 11.6 Å². The van der Waals surface area contributed by atoms with Crippen LogP contribution in [0.2, 0.25) is 0 Å². The molecule has 1 aromatic carbocycles. The van der Waals surface area contributed by atoms with Crippen LogP contribution in [0.5, 0.6) is 5.75 Å². The van der Waals surface area contributed by atoms with Gasteiger partial charge in [-0.05, 0) is 18.6 Å². The largest absolute Gasteiger partial charge is 0.432 e. The molecule has 1 atom stereocenters. The monoisotopic (exact) mass is 302 g/mol. The summed E-state index contributed by atoms with van der Waals surface area (Å²) in [7, 11) is 0. The van der Waals surface area contributed by atoms with Crippen LogP contribution in [0.3, 0.4) is 0 Å². The van der Waals surface area contributed by atoms with Crippen molar-refractivity contribution >= 4 is 17.5 Å². The number of alkyl halides is 2. The van der Waals surface area contributed by atoms with Crippen LogP contribution in [0.1, 0.15) is 12.8 Å². The summed E-state index contributed by atoms with van der Waals surface area (Å²) in [5.41, 5.74) is 0.135. The second-order valence-electron chi connectivity index (χ2n) is 4.55. The van der Waals surface area contributed by atoms with Gasteiger partial charge in [-0.3, -0.25) is 9.59 Å². The molecule has 5 nitrogen and oxygen atoms in total. The third-order valence-corrected chi connectivity index (χ3v) is 3.05. The van der Waals surface area contributed by atoms with Crippen LogP contribution in [0, 0.1) is 11.7 Å². The fourth-order valence-corrected chi connectivity index (χ4v) is 1.97. The van der Waals surface area contributed by atoms with Crippen molar-refractivity contribution in [1.82, 2.24) is 5.32 Å². The maximum atomic E-state index is 13.5. The van der Waals surface area contributed by atoms with E-state index in [9.17, 15) is 22.8 Å². The van der Waals surface area contributed by atoms with Gasteiger partial charge in [0, 0.05) is 24.7 Å². The molecule has 2 amide bonds. The number of halogens is 3. The van der Waals surface area contributed by atoms with E-state index in [-0.39, 0.29) is 30.5 Å². The summed E-state index contributed by atoms with van der Waals surface area (Å²) in [5.74, 6) is -2.46. The molecule has 0 aromatic heterocycles. The van der Waals surface area contributed by atoms with E-state index in [1.807, 2.05) is 0 Å². The van der Waals surface area contributed by atoms with Gasteiger partial charge < -0.3 is 15.4 Å². The van der Waals surface area contributed by atoms with Crippen molar-refractivity contribution in [2.75, 3.05) is 11.9 Å². The average Bonchev–Trinajstić information content (AvgIpc) is 2.42. The molecule has 8 heteroatoms. The summed E-state index contributed by atoms with van der Waals surface area (Å²) < 4.78 is 41.4. The molecule has 2 rings (SSSR count). The second kappa shape index (κ2) is 6.47.